The first kappa shape index (κ1) is 22.4. The van der Waals surface area contributed by atoms with Gasteiger partial charge in [0.1, 0.15) is 15.8 Å². The van der Waals surface area contributed by atoms with Gasteiger partial charge in [0.15, 0.2) is 0 Å². The van der Waals surface area contributed by atoms with Crippen LogP contribution in [0.15, 0.2) is 34.1 Å². The van der Waals surface area contributed by atoms with Gasteiger partial charge < -0.3 is 4.90 Å². The van der Waals surface area contributed by atoms with Gasteiger partial charge in [0.2, 0.25) is 0 Å². The number of carbonyl (C=O) groups is 1. The molecule has 0 N–H and O–H groups in total. The highest BCUT2D eigenvalue weighted by molar-refractivity contribution is 8.26. The summed E-state index contributed by atoms with van der Waals surface area (Å²) in [7, 11) is 0. The molecule has 164 valence electrons. The fourth-order valence-corrected chi connectivity index (χ4v) is 5.95. The summed E-state index contributed by atoms with van der Waals surface area (Å²) in [5.74, 6) is 2.54. The van der Waals surface area contributed by atoms with Crippen LogP contribution in [0.5, 0.6) is 0 Å². The second kappa shape index (κ2) is 10.2. The number of amides is 1. The maximum atomic E-state index is 13.4. The number of thioether (sulfide) groups is 2. The van der Waals surface area contributed by atoms with Crippen molar-refractivity contribution in [3.8, 4) is 0 Å². The number of hydrogen-bond acceptors (Lipinski definition) is 7. The van der Waals surface area contributed by atoms with Crippen molar-refractivity contribution in [1.82, 2.24) is 14.3 Å². The van der Waals surface area contributed by atoms with Crippen LogP contribution in [0.2, 0.25) is 0 Å². The van der Waals surface area contributed by atoms with Gasteiger partial charge in [-0.2, -0.15) is 11.8 Å². The number of unbranched alkanes of at least 4 members (excludes halogenated alkanes) is 3. The topological polar surface area (TPSA) is 57.9 Å². The molecule has 4 rings (SSSR count). The van der Waals surface area contributed by atoms with Gasteiger partial charge >= 0.3 is 0 Å². The van der Waals surface area contributed by atoms with Crippen LogP contribution >= 0.6 is 35.7 Å². The van der Waals surface area contributed by atoms with Crippen molar-refractivity contribution >= 4 is 63.5 Å². The van der Waals surface area contributed by atoms with Crippen molar-refractivity contribution in [2.45, 2.75) is 32.6 Å². The average Bonchev–Trinajstić information content (AvgIpc) is 3.06. The molecule has 2 aromatic heterocycles. The zero-order chi connectivity index (χ0) is 21.8. The van der Waals surface area contributed by atoms with Gasteiger partial charge in [-0.05, 0) is 24.6 Å². The molecule has 2 saturated heterocycles. The summed E-state index contributed by atoms with van der Waals surface area (Å²) in [5, 5.41) is 0. The van der Waals surface area contributed by atoms with Crippen LogP contribution in [0.25, 0.3) is 11.7 Å². The Balaban J connectivity index is 1.70. The third-order valence-corrected chi connectivity index (χ3v) is 7.76. The zero-order valence-corrected chi connectivity index (χ0v) is 20.0. The largest absolute Gasteiger partial charge is 0.354 e. The molecule has 0 radical (unpaired) electrons. The molecule has 0 spiro atoms. The lowest BCUT2D eigenvalue weighted by Crippen LogP contribution is -2.36. The standard InChI is InChI=1S/C22H26N4O2S3/c1-2-3-4-6-10-26-21(28)17(31-22(26)29)15-16-19(24-11-13-30-14-12-24)23-18-8-5-7-9-25(18)20(16)27/h5,7-9,15H,2-4,6,10-14H2,1H3/b17-15-. The third-order valence-electron chi connectivity index (χ3n) is 5.44. The summed E-state index contributed by atoms with van der Waals surface area (Å²) in [6.45, 7) is 4.46. The van der Waals surface area contributed by atoms with E-state index in [-0.39, 0.29) is 11.5 Å². The van der Waals surface area contributed by atoms with Crippen molar-refractivity contribution in [3.05, 3.63) is 45.2 Å². The summed E-state index contributed by atoms with van der Waals surface area (Å²) in [6.07, 6.45) is 7.74. The maximum absolute atomic E-state index is 13.4. The van der Waals surface area contributed by atoms with Crippen molar-refractivity contribution in [2.24, 2.45) is 0 Å². The highest BCUT2D eigenvalue weighted by atomic mass is 32.2. The molecule has 0 unspecified atom stereocenters. The average molecular weight is 475 g/mol. The molecule has 0 saturated carbocycles. The molecule has 0 aromatic carbocycles. The van der Waals surface area contributed by atoms with Crippen molar-refractivity contribution in [1.29, 1.82) is 0 Å². The minimum Gasteiger partial charge on any atom is -0.354 e. The van der Waals surface area contributed by atoms with Crippen LogP contribution in [0, 0.1) is 0 Å². The van der Waals surface area contributed by atoms with Crippen LogP contribution in [0.3, 0.4) is 0 Å². The number of anilines is 1. The Morgan fingerprint density at radius 3 is 2.74 bits per heavy atom. The van der Waals surface area contributed by atoms with Gasteiger partial charge in [-0.25, -0.2) is 4.98 Å². The van der Waals surface area contributed by atoms with E-state index in [1.54, 1.807) is 21.6 Å². The minimum atomic E-state index is -0.160. The maximum Gasteiger partial charge on any atom is 0.267 e. The van der Waals surface area contributed by atoms with Gasteiger partial charge in [0, 0.05) is 37.3 Å². The van der Waals surface area contributed by atoms with Gasteiger partial charge in [-0.3, -0.25) is 18.9 Å². The molecule has 31 heavy (non-hydrogen) atoms. The molecule has 2 aliphatic rings. The monoisotopic (exact) mass is 474 g/mol. The lowest BCUT2D eigenvalue weighted by Gasteiger charge is -2.28. The lowest BCUT2D eigenvalue weighted by molar-refractivity contribution is -0.122. The molecular formula is C22H26N4O2S3. The Bertz CT molecular complexity index is 1080. The highest BCUT2D eigenvalue weighted by Crippen LogP contribution is 2.34. The number of carbonyl (C=O) groups excluding carboxylic acids is 1. The van der Waals surface area contributed by atoms with Crippen molar-refractivity contribution < 1.29 is 4.79 Å². The second-order valence-electron chi connectivity index (χ2n) is 7.58. The highest BCUT2D eigenvalue weighted by Gasteiger charge is 2.32. The fraction of sp³-hybridized carbons (Fsp3) is 0.455. The van der Waals surface area contributed by atoms with Crippen molar-refractivity contribution in [2.75, 3.05) is 36.0 Å². The van der Waals surface area contributed by atoms with Crippen LogP contribution in [-0.4, -0.2) is 55.7 Å². The lowest BCUT2D eigenvalue weighted by atomic mass is 10.2. The SMILES string of the molecule is CCCCCCN1C(=O)/C(=C/c2c(N3CCSCC3)nc3ccccn3c2=O)SC1=S. The first-order valence-corrected chi connectivity index (χ1v) is 13.1. The summed E-state index contributed by atoms with van der Waals surface area (Å²) >= 11 is 8.65. The Hall–Kier alpha value is -1.84. The minimum absolute atomic E-state index is 0.107. The molecule has 0 atom stereocenters. The second-order valence-corrected chi connectivity index (χ2v) is 10.5. The number of aromatic nitrogens is 2. The van der Waals surface area contributed by atoms with Crippen LogP contribution < -0.4 is 10.5 Å². The first-order chi connectivity index (χ1) is 15.1. The van der Waals surface area contributed by atoms with E-state index in [1.165, 1.54) is 11.8 Å². The number of fused-ring (bicyclic) bond motifs is 1. The molecular weight excluding hydrogens is 448 g/mol. The summed E-state index contributed by atoms with van der Waals surface area (Å²) in [5.41, 5.74) is 0.912. The van der Waals surface area contributed by atoms with E-state index >= 15 is 0 Å². The zero-order valence-electron chi connectivity index (χ0n) is 17.6. The number of rotatable bonds is 7. The molecule has 0 aliphatic carbocycles. The fourth-order valence-electron chi connectivity index (χ4n) is 3.75. The van der Waals surface area contributed by atoms with Crippen LogP contribution in [0.1, 0.15) is 38.2 Å². The number of hydrogen-bond donors (Lipinski definition) is 0. The number of pyridine rings is 1. The predicted molar refractivity (Wildman–Crippen MR) is 135 cm³/mol. The Morgan fingerprint density at radius 1 is 1.16 bits per heavy atom. The van der Waals surface area contributed by atoms with Gasteiger partial charge in [0.25, 0.3) is 11.5 Å². The van der Waals surface area contributed by atoms with E-state index in [1.807, 2.05) is 30.0 Å². The molecule has 1 amide bonds. The number of thiocarbonyl (C=S) groups is 1. The molecule has 2 aliphatic heterocycles. The Labute approximate surface area is 196 Å². The normalized spacial score (nSPS) is 18.5. The molecule has 2 fully saturated rings. The van der Waals surface area contributed by atoms with Crippen molar-refractivity contribution in [3.63, 3.8) is 0 Å². The van der Waals surface area contributed by atoms with Gasteiger partial charge in [0.05, 0.1) is 10.5 Å². The third kappa shape index (κ3) is 4.83. The molecule has 0 bridgehead atoms. The predicted octanol–water partition coefficient (Wildman–Crippen LogP) is 4.03. The molecule has 6 nitrogen and oxygen atoms in total. The molecule has 4 heterocycles. The Kier molecular flexibility index (Phi) is 7.35. The smallest absolute Gasteiger partial charge is 0.267 e. The van der Waals surface area contributed by atoms with E-state index in [0.29, 0.717) is 32.8 Å². The van der Waals surface area contributed by atoms with Crippen LogP contribution in [-0.2, 0) is 4.79 Å². The van der Waals surface area contributed by atoms with E-state index in [4.69, 9.17) is 17.2 Å². The van der Waals surface area contributed by atoms with E-state index < -0.39 is 0 Å². The van der Waals surface area contributed by atoms with Gasteiger partial charge in [-0.1, -0.05) is 56.2 Å². The Morgan fingerprint density at radius 2 is 1.97 bits per heavy atom. The summed E-state index contributed by atoms with van der Waals surface area (Å²) < 4.78 is 2.11. The summed E-state index contributed by atoms with van der Waals surface area (Å²) in [4.78, 5) is 35.6. The van der Waals surface area contributed by atoms with Gasteiger partial charge in [-0.15, -0.1) is 0 Å². The number of nitrogens with zero attached hydrogens (tertiary/aromatic N) is 4. The van der Waals surface area contributed by atoms with E-state index in [2.05, 4.69) is 11.8 Å². The quantitative estimate of drug-likeness (QED) is 0.341. The van der Waals surface area contributed by atoms with E-state index in [0.717, 1.165) is 50.3 Å². The summed E-state index contributed by atoms with van der Waals surface area (Å²) in [6, 6.07) is 5.52. The molecule has 2 aromatic rings. The first-order valence-electron chi connectivity index (χ1n) is 10.7. The molecule has 9 heteroatoms. The van der Waals surface area contributed by atoms with Crippen LogP contribution in [0.4, 0.5) is 5.82 Å². The van der Waals surface area contributed by atoms with E-state index in [9.17, 15) is 9.59 Å².